The number of aromatic nitrogens is 5. The number of aryl methyl sites for hydroxylation is 1. The molecule has 2 aromatic heterocycles. The lowest BCUT2D eigenvalue weighted by Crippen LogP contribution is -2.13. The molecular weight excluding hydrogens is 304 g/mol. The third kappa shape index (κ3) is 2.52. The summed E-state index contributed by atoms with van der Waals surface area (Å²) in [6.07, 6.45) is 1.88. The quantitative estimate of drug-likeness (QED) is 0.608. The van der Waals surface area contributed by atoms with Gasteiger partial charge in [-0.1, -0.05) is 18.2 Å². The number of hydrogen-bond donors (Lipinski definition) is 2. The topological polar surface area (TPSA) is 88.5 Å². The molecule has 0 unspecified atom stereocenters. The maximum atomic E-state index is 12.5. The Balaban J connectivity index is 1.60. The van der Waals surface area contributed by atoms with Gasteiger partial charge in [0, 0.05) is 17.3 Å². The molecule has 0 aliphatic carbocycles. The van der Waals surface area contributed by atoms with Crippen LogP contribution in [-0.4, -0.2) is 31.1 Å². The average molecular weight is 318 g/mol. The van der Waals surface area contributed by atoms with E-state index >= 15 is 0 Å². The van der Waals surface area contributed by atoms with E-state index < -0.39 is 0 Å². The molecule has 0 saturated heterocycles. The second-order valence-electron chi connectivity index (χ2n) is 5.42. The van der Waals surface area contributed by atoms with Gasteiger partial charge in [0.05, 0.1) is 5.69 Å². The van der Waals surface area contributed by atoms with E-state index in [9.17, 15) is 4.79 Å². The number of H-pyrrole nitrogens is 1. The van der Waals surface area contributed by atoms with E-state index in [2.05, 4.69) is 25.8 Å². The van der Waals surface area contributed by atoms with Gasteiger partial charge in [0.1, 0.15) is 11.0 Å². The number of amides is 1. The van der Waals surface area contributed by atoms with Crippen molar-refractivity contribution >= 4 is 22.8 Å². The molecule has 7 nitrogen and oxygen atoms in total. The van der Waals surface area contributed by atoms with Crippen molar-refractivity contribution in [2.24, 2.45) is 0 Å². The van der Waals surface area contributed by atoms with Crippen LogP contribution in [0.1, 0.15) is 15.9 Å². The van der Waals surface area contributed by atoms with E-state index in [4.69, 9.17) is 0 Å². The lowest BCUT2D eigenvalue weighted by atomic mass is 10.2. The fourth-order valence-corrected chi connectivity index (χ4v) is 2.46. The van der Waals surface area contributed by atoms with Crippen LogP contribution in [0.15, 0.2) is 54.7 Å². The van der Waals surface area contributed by atoms with Crippen LogP contribution in [0.2, 0.25) is 0 Å². The van der Waals surface area contributed by atoms with Crippen LogP contribution in [0.4, 0.5) is 5.82 Å². The van der Waals surface area contributed by atoms with Crippen LogP contribution in [0.25, 0.3) is 16.7 Å². The van der Waals surface area contributed by atoms with Gasteiger partial charge in [-0.3, -0.25) is 4.79 Å². The molecule has 24 heavy (non-hydrogen) atoms. The number of anilines is 1. The molecule has 7 heteroatoms. The normalized spacial score (nSPS) is 10.9. The van der Waals surface area contributed by atoms with Crippen LogP contribution in [0.3, 0.4) is 0 Å². The fourth-order valence-electron chi connectivity index (χ4n) is 2.46. The second-order valence-corrected chi connectivity index (χ2v) is 5.42. The molecule has 0 atom stereocenters. The minimum atomic E-state index is -0.235. The highest BCUT2D eigenvalue weighted by Crippen LogP contribution is 2.17. The first-order valence-corrected chi connectivity index (χ1v) is 7.44. The zero-order valence-electron chi connectivity index (χ0n) is 12.9. The molecule has 4 aromatic rings. The SMILES string of the molecule is Cc1cn(-c2ccccc2)nc1NC(=O)c1ccc2n[nH]nc2c1. The molecule has 118 valence electrons. The van der Waals surface area contributed by atoms with Crippen LogP contribution in [0.5, 0.6) is 0 Å². The number of benzene rings is 2. The first-order chi connectivity index (χ1) is 11.7. The number of aromatic amines is 1. The highest BCUT2D eigenvalue weighted by Gasteiger charge is 2.13. The number of hydrogen-bond acceptors (Lipinski definition) is 4. The summed E-state index contributed by atoms with van der Waals surface area (Å²) in [4.78, 5) is 12.5. The average Bonchev–Trinajstić information content (AvgIpc) is 3.22. The van der Waals surface area contributed by atoms with E-state index in [1.807, 2.05) is 43.5 Å². The van der Waals surface area contributed by atoms with Crippen LogP contribution >= 0.6 is 0 Å². The van der Waals surface area contributed by atoms with E-state index in [0.29, 0.717) is 16.9 Å². The van der Waals surface area contributed by atoms with Crippen molar-refractivity contribution in [3.63, 3.8) is 0 Å². The monoisotopic (exact) mass is 318 g/mol. The van der Waals surface area contributed by atoms with Gasteiger partial charge in [-0.2, -0.15) is 15.4 Å². The third-order valence-electron chi connectivity index (χ3n) is 3.73. The molecule has 0 fully saturated rings. The Morgan fingerprint density at radius 2 is 1.88 bits per heavy atom. The zero-order valence-corrected chi connectivity index (χ0v) is 12.9. The number of carbonyl (C=O) groups is 1. The summed E-state index contributed by atoms with van der Waals surface area (Å²) in [5.74, 6) is 0.297. The highest BCUT2D eigenvalue weighted by molar-refractivity contribution is 6.05. The Kier molecular flexibility index (Phi) is 3.31. The highest BCUT2D eigenvalue weighted by atomic mass is 16.1. The standard InChI is InChI=1S/C17H14N6O/c1-11-10-23(13-5-3-2-4-6-13)21-16(11)18-17(24)12-7-8-14-15(9-12)20-22-19-14/h2-10H,1H3,(H,18,21,24)(H,19,20,22). The Labute approximate surface area is 137 Å². The number of rotatable bonds is 3. The predicted octanol–water partition coefficient (Wildman–Crippen LogP) is 2.70. The summed E-state index contributed by atoms with van der Waals surface area (Å²) < 4.78 is 1.74. The molecule has 4 rings (SSSR count). The number of carbonyl (C=O) groups excluding carboxylic acids is 1. The van der Waals surface area contributed by atoms with Gasteiger partial charge in [0.2, 0.25) is 0 Å². The maximum absolute atomic E-state index is 12.5. The van der Waals surface area contributed by atoms with Crippen molar-refractivity contribution in [2.75, 3.05) is 5.32 Å². The first kappa shape index (κ1) is 14.1. The summed E-state index contributed by atoms with van der Waals surface area (Å²) >= 11 is 0. The third-order valence-corrected chi connectivity index (χ3v) is 3.73. The molecule has 0 radical (unpaired) electrons. The largest absolute Gasteiger partial charge is 0.305 e. The molecule has 0 bridgehead atoms. The van der Waals surface area contributed by atoms with E-state index in [1.165, 1.54) is 0 Å². The van der Waals surface area contributed by atoms with Gasteiger partial charge < -0.3 is 5.32 Å². The maximum Gasteiger partial charge on any atom is 0.256 e. The van der Waals surface area contributed by atoms with Gasteiger partial charge in [0.25, 0.3) is 5.91 Å². The van der Waals surface area contributed by atoms with Crippen molar-refractivity contribution in [2.45, 2.75) is 6.92 Å². The van der Waals surface area contributed by atoms with Gasteiger partial charge >= 0.3 is 0 Å². The fraction of sp³-hybridized carbons (Fsp3) is 0.0588. The minimum Gasteiger partial charge on any atom is -0.305 e. The summed E-state index contributed by atoms with van der Waals surface area (Å²) in [5, 5.41) is 17.8. The molecule has 0 aliphatic rings. The van der Waals surface area contributed by atoms with E-state index in [1.54, 1.807) is 22.9 Å². The lowest BCUT2D eigenvalue weighted by Gasteiger charge is -2.03. The molecule has 0 spiro atoms. The predicted molar refractivity (Wildman–Crippen MR) is 90.1 cm³/mol. The molecule has 0 aliphatic heterocycles. The molecule has 2 heterocycles. The minimum absolute atomic E-state index is 0.235. The van der Waals surface area contributed by atoms with E-state index in [0.717, 1.165) is 16.8 Å². The second kappa shape index (κ2) is 5.62. The smallest absolute Gasteiger partial charge is 0.256 e. The number of para-hydroxylation sites is 1. The van der Waals surface area contributed by atoms with Crippen LogP contribution in [0, 0.1) is 6.92 Å². The van der Waals surface area contributed by atoms with Crippen molar-refractivity contribution in [1.82, 2.24) is 25.2 Å². The zero-order chi connectivity index (χ0) is 16.5. The molecule has 2 aromatic carbocycles. The number of nitrogens with one attached hydrogen (secondary N) is 2. The van der Waals surface area contributed by atoms with Crippen molar-refractivity contribution in [1.29, 1.82) is 0 Å². The van der Waals surface area contributed by atoms with E-state index in [-0.39, 0.29) is 5.91 Å². The van der Waals surface area contributed by atoms with Gasteiger partial charge in [-0.25, -0.2) is 4.68 Å². The first-order valence-electron chi connectivity index (χ1n) is 7.44. The van der Waals surface area contributed by atoms with Gasteiger partial charge in [-0.05, 0) is 37.3 Å². The van der Waals surface area contributed by atoms with Crippen molar-refractivity contribution in [3.05, 3.63) is 65.9 Å². The van der Waals surface area contributed by atoms with Crippen LogP contribution in [-0.2, 0) is 0 Å². The Morgan fingerprint density at radius 3 is 2.71 bits per heavy atom. The van der Waals surface area contributed by atoms with Crippen LogP contribution < -0.4 is 5.32 Å². The Hall–Kier alpha value is -3.48. The molecule has 0 saturated carbocycles. The Bertz CT molecular complexity index is 1020. The molecule has 2 N–H and O–H groups in total. The Morgan fingerprint density at radius 1 is 1.08 bits per heavy atom. The number of nitrogens with zero attached hydrogens (tertiary/aromatic N) is 4. The summed E-state index contributed by atoms with van der Waals surface area (Å²) in [6, 6.07) is 14.9. The summed E-state index contributed by atoms with van der Waals surface area (Å²) in [6.45, 7) is 1.91. The molecule has 1 amide bonds. The van der Waals surface area contributed by atoms with Gasteiger partial charge in [-0.15, -0.1) is 5.10 Å². The van der Waals surface area contributed by atoms with Crippen molar-refractivity contribution < 1.29 is 4.79 Å². The lowest BCUT2D eigenvalue weighted by molar-refractivity contribution is 0.102. The van der Waals surface area contributed by atoms with Crippen molar-refractivity contribution in [3.8, 4) is 5.69 Å². The summed E-state index contributed by atoms with van der Waals surface area (Å²) in [5.41, 5.74) is 3.69. The number of fused-ring (bicyclic) bond motifs is 1. The van der Waals surface area contributed by atoms with Gasteiger partial charge in [0.15, 0.2) is 5.82 Å². The summed E-state index contributed by atoms with van der Waals surface area (Å²) in [7, 11) is 0. The molecular formula is C17H14N6O.